The fraction of sp³-hybridized carbons (Fsp3) is 0.333. The maximum Gasteiger partial charge on any atom is 0.300 e. The number of nitrogens with zero attached hydrogens (tertiary/aromatic N) is 2. The molecule has 3 aromatic carbocycles. The van der Waals surface area contributed by atoms with Gasteiger partial charge in [-0.25, -0.2) is 4.39 Å². The molecule has 7 nitrogen and oxygen atoms in total. The highest BCUT2D eigenvalue weighted by molar-refractivity contribution is 8.01. The summed E-state index contributed by atoms with van der Waals surface area (Å²) >= 11 is 13.0. The number of morpholine rings is 1. The summed E-state index contributed by atoms with van der Waals surface area (Å²) in [5, 5.41) is 19.2. The normalized spacial score (nSPS) is 15.3. The van der Waals surface area contributed by atoms with E-state index >= 15 is 0 Å². The molecule has 0 bridgehead atoms. The Hall–Kier alpha value is -2.82. The Morgan fingerprint density at radius 2 is 1.61 bits per heavy atom. The second kappa shape index (κ2) is 17.9. The minimum Gasteiger partial charge on any atom is -0.481 e. The Balaban J connectivity index is 0.000000447. The van der Waals surface area contributed by atoms with Crippen LogP contribution in [-0.2, 0) is 14.3 Å². The summed E-state index contributed by atoms with van der Waals surface area (Å²) in [6, 6.07) is 22.3. The molecule has 41 heavy (non-hydrogen) atoms. The van der Waals surface area contributed by atoms with E-state index < -0.39 is 12.0 Å². The zero-order valence-corrected chi connectivity index (χ0v) is 25.5. The fourth-order valence-electron chi connectivity index (χ4n) is 3.93. The lowest BCUT2D eigenvalue weighted by Gasteiger charge is -2.42. The number of ether oxygens (including phenoxy) is 1. The molecule has 1 aliphatic rings. The van der Waals surface area contributed by atoms with Crippen LogP contribution in [0.4, 0.5) is 10.1 Å². The number of carboxylic acids is 1. The number of anilines is 1. The summed E-state index contributed by atoms with van der Waals surface area (Å²) in [7, 11) is 0. The maximum absolute atomic E-state index is 14.5. The predicted molar refractivity (Wildman–Crippen MR) is 164 cm³/mol. The summed E-state index contributed by atoms with van der Waals surface area (Å²) in [6.45, 7) is 5.42. The quantitative estimate of drug-likeness (QED) is 0.268. The van der Waals surface area contributed by atoms with E-state index in [1.54, 1.807) is 35.2 Å². The summed E-state index contributed by atoms with van der Waals surface area (Å²) in [4.78, 5) is 23.5. The van der Waals surface area contributed by atoms with Crippen LogP contribution in [0.15, 0.2) is 78.9 Å². The second-order valence-electron chi connectivity index (χ2n) is 9.20. The van der Waals surface area contributed by atoms with Crippen LogP contribution >= 0.6 is 35.1 Å². The highest BCUT2D eigenvalue weighted by Gasteiger charge is 2.36. The minimum atomic E-state index is -0.833. The van der Waals surface area contributed by atoms with Crippen molar-refractivity contribution in [2.24, 2.45) is 0 Å². The number of hydrogen-bond acceptors (Lipinski definition) is 6. The number of aliphatic carboxylic acids is 1. The van der Waals surface area contributed by atoms with Crippen molar-refractivity contribution in [2.75, 3.05) is 30.7 Å². The molecule has 1 aliphatic heterocycles. The first kappa shape index (κ1) is 34.4. The molecule has 4 rings (SSSR count). The molecule has 0 radical (unpaired) electrons. The molecular weight excluding hydrogens is 590 g/mol. The van der Waals surface area contributed by atoms with E-state index in [9.17, 15) is 14.3 Å². The van der Waals surface area contributed by atoms with E-state index in [1.165, 1.54) is 18.0 Å². The van der Waals surface area contributed by atoms with Crippen LogP contribution in [0.1, 0.15) is 32.4 Å². The van der Waals surface area contributed by atoms with Gasteiger partial charge in [0.1, 0.15) is 12.4 Å². The number of hydrogen-bond donors (Lipinski definition) is 2. The zero-order valence-electron chi connectivity index (χ0n) is 23.1. The fourth-order valence-corrected chi connectivity index (χ4v) is 5.23. The highest BCUT2D eigenvalue weighted by Crippen LogP contribution is 2.32. The molecule has 3 aromatic rings. The molecule has 2 N–H and O–H groups in total. The SMILES string of the molecule is CC(=O)O.CC(C)SN(C[C@H](CO)N1C(=O)COC[C@H]1c1ccc(Cl)cc1)c1ccccc1F.Clc1ccccc1. The number of rotatable bonds is 8. The van der Waals surface area contributed by atoms with Gasteiger partial charge in [-0.15, -0.1) is 0 Å². The van der Waals surface area contributed by atoms with Crippen LogP contribution < -0.4 is 4.31 Å². The number of amides is 1. The van der Waals surface area contributed by atoms with Crippen molar-refractivity contribution in [1.82, 2.24) is 4.90 Å². The van der Waals surface area contributed by atoms with Crippen LogP contribution in [0.3, 0.4) is 0 Å². The van der Waals surface area contributed by atoms with Gasteiger partial charge in [-0.1, -0.05) is 79.5 Å². The Morgan fingerprint density at radius 1 is 1.05 bits per heavy atom. The van der Waals surface area contributed by atoms with Crippen molar-refractivity contribution in [3.63, 3.8) is 0 Å². The summed E-state index contributed by atoms with van der Waals surface area (Å²) in [5.74, 6) is -1.38. The van der Waals surface area contributed by atoms with Crippen LogP contribution in [0.2, 0.25) is 10.0 Å². The van der Waals surface area contributed by atoms with Crippen LogP contribution in [0.25, 0.3) is 0 Å². The molecule has 0 saturated carbocycles. The number of carboxylic acid groups (broad SMARTS) is 1. The van der Waals surface area contributed by atoms with E-state index in [2.05, 4.69) is 0 Å². The smallest absolute Gasteiger partial charge is 0.300 e. The molecular formula is C30H35Cl2FN2O5S. The number of para-hydroxylation sites is 1. The van der Waals surface area contributed by atoms with Gasteiger partial charge in [0.05, 0.1) is 37.5 Å². The van der Waals surface area contributed by atoms with Crippen molar-refractivity contribution in [3.05, 3.63) is 100 Å². The average Bonchev–Trinajstić information content (AvgIpc) is 2.92. The standard InChI is InChI=1S/C22H26ClFN2O3S.C6H5Cl.C2H4O2/c1-15(2)30-25(20-6-4-3-5-19(20)24)11-18(12-27)26-21(13-29-14-22(26)28)16-7-9-17(23)10-8-16;7-6-4-2-1-3-5-6;1-2(3)4/h3-10,15,18,21,27H,11-14H2,1-2H3;1-5H;1H3,(H,3,4)/t18-,21+;;/m1../s1. The third-order valence-electron chi connectivity index (χ3n) is 5.55. The lowest BCUT2D eigenvalue weighted by molar-refractivity contribution is -0.153. The first-order valence-corrected chi connectivity index (χ1v) is 14.5. The Kier molecular flexibility index (Phi) is 15.0. The Labute approximate surface area is 255 Å². The van der Waals surface area contributed by atoms with E-state index in [0.29, 0.717) is 17.3 Å². The Morgan fingerprint density at radius 3 is 2.12 bits per heavy atom. The molecule has 0 unspecified atom stereocenters. The number of aliphatic hydroxyl groups excluding tert-OH is 1. The van der Waals surface area contributed by atoms with E-state index in [4.69, 9.17) is 37.8 Å². The van der Waals surface area contributed by atoms with Gasteiger partial charge in [0.2, 0.25) is 5.91 Å². The maximum atomic E-state index is 14.5. The molecule has 1 fully saturated rings. The van der Waals surface area contributed by atoms with Crippen LogP contribution in [0, 0.1) is 5.82 Å². The Bertz CT molecular complexity index is 1220. The van der Waals surface area contributed by atoms with E-state index in [-0.39, 0.29) is 42.8 Å². The molecule has 11 heteroatoms. The zero-order chi connectivity index (χ0) is 30.4. The van der Waals surface area contributed by atoms with Gasteiger partial charge < -0.3 is 24.2 Å². The van der Waals surface area contributed by atoms with Crippen molar-refractivity contribution in [2.45, 2.75) is 38.1 Å². The summed E-state index contributed by atoms with van der Waals surface area (Å²) in [5.41, 5.74) is 1.30. The molecule has 222 valence electrons. The largest absolute Gasteiger partial charge is 0.481 e. The average molecular weight is 626 g/mol. The van der Waals surface area contributed by atoms with Crippen molar-refractivity contribution in [1.29, 1.82) is 0 Å². The van der Waals surface area contributed by atoms with Gasteiger partial charge in [0.15, 0.2) is 0 Å². The number of halogens is 3. The molecule has 1 amide bonds. The van der Waals surface area contributed by atoms with Crippen LogP contribution in [0.5, 0.6) is 0 Å². The summed E-state index contributed by atoms with van der Waals surface area (Å²) in [6.07, 6.45) is 0. The highest BCUT2D eigenvalue weighted by atomic mass is 35.5. The van der Waals surface area contributed by atoms with Crippen molar-refractivity contribution < 1.29 is 28.9 Å². The number of aliphatic hydroxyl groups is 1. The first-order chi connectivity index (χ1) is 19.5. The number of carbonyl (C=O) groups is 2. The molecule has 0 aromatic heterocycles. The molecule has 0 aliphatic carbocycles. The molecule has 1 saturated heterocycles. The minimum absolute atomic E-state index is 0.0440. The topological polar surface area (TPSA) is 90.3 Å². The van der Waals surface area contributed by atoms with Gasteiger partial charge in [-0.2, -0.15) is 0 Å². The number of benzene rings is 3. The van der Waals surface area contributed by atoms with Crippen molar-refractivity contribution in [3.8, 4) is 0 Å². The summed E-state index contributed by atoms with van der Waals surface area (Å²) < 4.78 is 21.8. The lowest BCUT2D eigenvalue weighted by Crippen LogP contribution is -2.54. The molecule has 1 heterocycles. The van der Waals surface area contributed by atoms with Crippen LogP contribution in [-0.4, -0.2) is 64.6 Å². The van der Waals surface area contributed by atoms with Gasteiger partial charge >= 0.3 is 0 Å². The molecule has 0 spiro atoms. The number of carbonyl (C=O) groups excluding carboxylic acids is 1. The lowest BCUT2D eigenvalue weighted by atomic mass is 10.0. The van der Waals surface area contributed by atoms with E-state index in [0.717, 1.165) is 17.5 Å². The first-order valence-electron chi connectivity index (χ1n) is 12.9. The predicted octanol–water partition coefficient (Wildman–Crippen LogP) is 6.73. The monoisotopic (exact) mass is 624 g/mol. The van der Waals surface area contributed by atoms with Gasteiger partial charge in [-0.05, 0) is 53.9 Å². The van der Waals surface area contributed by atoms with Crippen molar-refractivity contribution >= 4 is 52.7 Å². The van der Waals surface area contributed by atoms with Gasteiger partial charge in [-0.3, -0.25) is 9.59 Å². The third kappa shape index (κ3) is 11.9. The molecule has 2 atom stereocenters. The van der Waals surface area contributed by atoms with E-state index in [1.807, 2.05) is 60.6 Å². The second-order valence-corrected chi connectivity index (χ2v) is 11.7. The third-order valence-corrected chi connectivity index (χ3v) is 7.08. The van der Waals surface area contributed by atoms with Gasteiger partial charge in [0.25, 0.3) is 5.97 Å². The van der Waals surface area contributed by atoms with Gasteiger partial charge in [0, 0.05) is 22.2 Å².